The number of hydrogen-bond acceptors (Lipinski definition) is 6. The normalized spacial score (nSPS) is 18.3. The summed E-state index contributed by atoms with van der Waals surface area (Å²) in [7, 11) is -4.33. The Labute approximate surface area is 245 Å². The number of carbonyl (C=O) groups is 2. The summed E-state index contributed by atoms with van der Waals surface area (Å²) in [4.78, 5) is 34.0. The van der Waals surface area contributed by atoms with Gasteiger partial charge in [-0.05, 0) is 55.2 Å². The number of ketones is 1. The number of pyridine rings is 1. The van der Waals surface area contributed by atoms with Crippen LogP contribution in [0.15, 0.2) is 54.9 Å². The smallest absolute Gasteiger partial charge is 0.301 e. The molecule has 4 aromatic rings. The van der Waals surface area contributed by atoms with Crippen LogP contribution in [-0.4, -0.2) is 67.1 Å². The van der Waals surface area contributed by atoms with Crippen LogP contribution in [0.5, 0.6) is 0 Å². The fourth-order valence-electron chi connectivity index (χ4n) is 5.59. The van der Waals surface area contributed by atoms with Gasteiger partial charge in [-0.2, -0.15) is 12.7 Å². The van der Waals surface area contributed by atoms with E-state index in [2.05, 4.69) is 14.9 Å². The fourth-order valence-corrected chi connectivity index (χ4v) is 6.86. The fraction of sp³-hybridized carbons (Fsp3) is 0.300. The molecule has 2 aromatic heterocycles. The number of piperidine rings is 1. The molecule has 2 fully saturated rings. The predicted octanol–water partition coefficient (Wildman–Crippen LogP) is 4.85. The highest BCUT2D eigenvalue weighted by atomic mass is 32.2. The van der Waals surface area contributed by atoms with Gasteiger partial charge in [0.15, 0.2) is 5.82 Å². The summed E-state index contributed by atoms with van der Waals surface area (Å²) in [6, 6.07) is 11.1. The number of nitrogens with one attached hydrogen (secondary N) is 2. The lowest BCUT2D eigenvalue weighted by Gasteiger charge is -2.31. The van der Waals surface area contributed by atoms with Gasteiger partial charge < -0.3 is 14.7 Å². The van der Waals surface area contributed by atoms with Crippen molar-refractivity contribution in [3.8, 4) is 11.1 Å². The minimum atomic E-state index is -4.33. The Morgan fingerprint density at radius 2 is 1.77 bits per heavy atom. The van der Waals surface area contributed by atoms with Gasteiger partial charge in [-0.25, -0.2) is 18.2 Å². The highest BCUT2D eigenvalue weighted by Gasteiger charge is 2.33. The second-order valence-electron chi connectivity index (χ2n) is 10.8. The first kappa shape index (κ1) is 28.9. The third-order valence-electron chi connectivity index (χ3n) is 8.06. The third kappa shape index (κ3) is 5.62. The number of anilines is 2. The van der Waals surface area contributed by atoms with Crippen molar-refractivity contribution < 1.29 is 31.2 Å². The molecule has 0 aliphatic carbocycles. The van der Waals surface area contributed by atoms with Crippen molar-refractivity contribution in [2.75, 3.05) is 35.8 Å². The van der Waals surface area contributed by atoms with Crippen LogP contribution >= 0.6 is 0 Å². The first-order valence-corrected chi connectivity index (χ1v) is 15.3. The zero-order chi connectivity index (χ0) is 30.3. The number of halogens is 3. The molecule has 9 nitrogen and oxygen atoms in total. The molecule has 13 heteroatoms. The van der Waals surface area contributed by atoms with Gasteiger partial charge in [-0.3, -0.25) is 9.52 Å². The van der Waals surface area contributed by atoms with Gasteiger partial charge in [0.2, 0.25) is 5.78 Å². The number of alkyl halides is 1. The SMILES string of the molecule is O=CC1CCN(c2ccc(-c3cnc4[nH]cc(C(=O)c5c(F)ccc(NS(=O)(=O)N6CC[C@@H](F)C6)c5F)c4c3)cc2)CC1. The first-order valence-electron chi connectivity index (χ1n) is 13.9. The number of aromatic nitrogens is 2. The first-order chi connectivity index (χ1) is 20.6. The van der Waals surface area contributed by atoms with Crippen molar-refractivity contribution in [3.63, 3.8) is 0 Å². The molecule has 0 bridgehead atoms. The molecular weight excluding hydrogens is 583 g/mol. The van der Waals surface area contributed by atoms with Gasteiger partial charge in [0.05, 0.1) is 11.3 Å². The highest BCUT2D eigenvalue weighted by molar-refractivity contribution is 7.90. The lowest BCUT2D eigenvalue weighted by atomic mass is 9.97. The number of carbonyl (C=O) groups excluding carboxylic acids is 2. The molecule has 0 radical (unpaired) electrons. The topological polar surface area (TPSA) is 115 Å². The van der Waals surface area contributed by atoms with Gasteiger partial charge in [-0.1, -0.05) is 12.1 Å². The molecule has 0 saturated carbocycles. The van der Waals surface area contributed by atoms with Crippen molar-refractivity contribution in [2.45, 2.75) is 25.4 Å². The number of hydrogen-bond donors (Lipinski definition) is 2. The number of aromatic amines is 1. The van der Waals surface area contributed by atoms with Crippen molar-refractivity contribution in [1.29, 1.82) is 0 Å². The number of rotatable bonds is 8. The summed E-state index contributed by atoms with van der Waals surface area (Å²) >= 11 is 0. The maximum Gasteiger partial charge on any atom is 0.301 e. The third-order valence-corrected chi connectivity index (χ3v) is 9.55. The van der Waals surface area contributed by atoms with Gasteiger partial charge in [-0.15, -0.1) is 0 Å². The summed E-state index contributed by atoms with van der Waals surface area (Å²) in [5, 5.41) is 0.332. The van der Waals surface area contributed by atoms with Crippen LogP contribution in [0.4, 0.5) is 24.5 Å². The second-order valence-corrected chi connectivity index (χ2v) is 12.5. The molecule has 2 N–H and O–H groups in total. The van der Waals surface area contributed by atoms with Crippen molar-refractivity contribution in [1.82, 2.24) is 14.3 Å². The average Bonchev–Trinajstić information content (AvgIpc) is 3.65. The standard InChI is InChI=1S/C30H28F3N5O4S/c31-21-9-12-38(16-21)43(41,42)36-26-6-5-25(32)27(28(26)33)29(40)24-15-35-30-23(24)13-20(14-34-30)19-1-3-22(4-2-19)37-10-7-18(17-39)8-11-37/h1-6,13-15,17-18,21,36H,7-12,16H2,(H,34,35)/t21-/m1/s1. The average molecular weight is 612 g/mol. The zero-order valence-electron chi connectivity index (χ0n) is 22.9. The lowest BCUT2D eigenvalue weighted by molar-refractivity contribution is -0.111. The van der Waals surface area contributed by atoms with E-state index in [9.17, 15) is 26.8 Å². The van der Waals surface area contributed by atoms with E-state index in [1.54, 1.807) is 12.3 Å². The summed E-state index contributed by atoms with van der Waals surface area (Å²) in [5.74, 6) is -3.45. The van der Waals surface area contributed by atoms with Gasteiger partial charge in [0, 0.05) is 66.7 Å². The van der Waals surface area contributed by atoms with Crippen LogP contribution in [0.2, 0.25) is 0 Å². The quantitative estimate of drug-likeness (QED) is 0.217. The van der Waals surface area contributed by atoms with Crippen LogP contribution in [-0.2, 0) is 15.0 Å². The Morgan fingerprint density at radius 3 is 2.44 bits per heavy atom. The summed E-state index contributed by atoms with van der Waals surface area (Å²) < 4.78 is 72.1. The van der Waals surface area contributed by atoms with E-state index < -0.39 is 45.0 Å². The molecule has 4 heterocycles. The second kappa shape index (κ2) is 11.5. The van der Waals surface area contributed by atoms with Gasteiger partial charge >= 0.3 is 10.2 Å². The Kier molecular flexibility index (Phi) is 7.69. The zero-order valence-corrected chi connectivity index (χ0v) is 23.7. The molecule has 224 valence electrons. The molecule has 2 aromatic carbocycles. The summed E-state index contributed by atoms with van der Waals surface area (Å²) in [5.41, 5.74) is 1.24. The molecule has 0 spiro atoms. The number of aldehydes is 1. The molecular formula is C30H28F3N5O4S. The van der Waals surface area contributed by atoms with E-state index in [4.69, 9.17) is 0 Å². The Hall–Kier alpha value is -4.23. The number of H-pyrrole nitrogens is 1. The largest absolute Gasteiger partial charge is 0.371 e. The molecule has 2 aliphatic heterocycles. The lowest BCUT2D eigenvalue weighted by Crippen LogP contribution is -2.34. The van der Waals surface area contributed by atoms with Gasteiger partial charge in [0.25, 0.3) is 0 Å². The van der Waals surface area contributed by atoms with E-state index in [0.29, 0.717) is 16.6 Å². The van der Waals surface area contributed by atoms with E-state index in [-0.39, 0.29) is 31.0 Å². The maximum atomic E-state index is 15.5. The maximum absolute atomic E-state index is 15.5. The Morgan fingerprint density at radius 1 is 1.02 bits per heavy atom. The molecule has 43 heavy (non-hydrogen) atoms. The molecule has 1 atom stereocenters. The molecule has 0 unspecified atom stereocenters. The van der Waals surface area contributed by atoms with Crippen LogP contribution in [0.1, 0.15) is 35.2 Å². The Balaban J connectivity index is 1.27. The monoisotopic (exact) mass is 611 g/mol. The molecule has 0 amide bonds. The van der Waals surface area contributed by atoms with Crippen molar-refractivity contribution in [3.05, 3.63) is 77.6 Å². The number of fused-ring (bicyclic) bond motifs is 1. The molecule has 2 saturated heterocycles. The van der Waals surface area contributed by atoms with Crippen LogP contribution in [0, 0.1) is 17.6 Å². The Bertz CT molecular complexity index is 1800. The predicted molar refractivity (Wildman–Crippen MR) is 156 cm³/mol. The number of nitrogens with zero attached hydrogens (tertiary/aromatic N) is 3. The molecule has 6 rings (SSSR count). The minimum absolute atomic E-state index is 0.0125. The van der Waals surface area contributed by atoms with Gasteiger partial charge in [0.1, 0.15) is 23.9 Å². The summed E-state index contributed by atoms with van der Waals surface area (Å²) in [6.07, 6.45) is 4.23. The van der Waals surface area contributed by atoms with E-state index >= 15 is 4.39 Å². The number of benzene rings is 2. The summed E-state index contributed by atoms with van der Waals surface area (Å²) in [6.45, 7) is 1.12. The van der Waals surface area contributed by atoms with Crippen LogP contribution in [0.3, 0.4) is 0 Å². The van der Waals surface area contributed by atoms with E-state index in [1.165, 1.54) is 6.20 Å². The minimum Gasteiger partial charge on any atom is -0.371 e. The van der Waals surface area contributed by atoms with Crippen LogP contribution < -0.4 is 9.62 Å². The van der Waals surface area contributed by atoms with Crippen molar-refractivity contribution >= 4 is 44.7 Å². The molecule has 2 aliphatic rings. The van der Waals surface area contributed by atoms with Crippen molar-refractivity contribution in [2.24, 2.45) is 5.92 Å². The highest BCUT2D eigenvalue weighted by Crippen LogP contribution is 2.31. The van der Waals surface area contributed by atoms with Crippen LogP contribution in [0.25, 0.3) is 22.2 Å². The van der Waals surface area contributed by atoms with E-state index in [1.807, 2.05) is 29.0 Å². The van der Waals surface area contributed by atoms with E-state index in [0.717, 1.165) is 59.9 Å².